The van der Waals surface area contributed by atoms with Crippen molar-refractivity contribution in [2.45, 2.75) is 52.2 Å². The van der Waals surface area contributed by atoms with E-state index in [1.54, 1.807) is 6.26 Å². The molecular formula is C28H30N4OS. The summed E-state index contributed by atoms with van der Waals surface area (Å²) in [7, 11) is 0. The summed E-state index contributed by atoms with van der Waals surface area (Å²) in [6, 6.07) is 21.0. The largest absolute Gasteiger partial charge is 0.467 e. The molecule has 2 atom stereocenters. The van der Waals surface area contributed by atoms with Crippen molar-refractivity contribution in [3.63, 3.8) is 0 Å². The number of thiocarbonyl (C=S) groups is 1. The molecular weight excluding hydrogens is 440 g/mol. The summed E-state index contributed by atoms with van der Waals surface area (Å²) >= 11 is 5.90. The van der Waals surface area contributed by atoms with Gasteiger partial charge in [-0.05, 0) is 85.6 Å². The molecule has 0 spiro atoms. The summed E-state index contributed by atoms with van der Waals surface area (Å²) in [5, 5.41) is 4.29. The molecule has 4 heterocycles. The molecule has 34 heavy (non-hydrogen) atoms. The molecule has 1 fully saturated rings. The van der Waals surface area contributed by atoms with Crippen molar-refractivity contribution in [1.29, 1.82) is 0 Å². The molecule has 0 radical (unpaired) electrons. The second kappa shape index (κ2) is 9.11. The molecule has 0 aliphatic carbocycles. The van der Waals surface area contributed by atoms with E-state index in [4.69, 9.17) is 16.6 Å². The number of aromatic nitrogens is 2. The first-order chi connectivity index (χ1) is 16.4. The van der Waals surface area contributed by atoms with Crippen molar-refractivity contribution in [3.05, 3.63) is 107 Å². The normalized spacial score (nSPS) is 18.0. The highest BCUT2D eigenvalue weighted by Crippen LogP contribution is 2.43. The predicted molar refractivity (Wildman–Crippen MR) is 140 cm³/mol. The molecule has 1 saturated heterocycles. The van der Waals surface area contributed by atoms with Crippen molar-refractivity contribution >= 4 is 23.0 Å². The Morgan fingerprint density at radius 3 is 2.50 bits per heavy atom. The SMILES string of the molecule is Cc1cc([C@@H]2[C@H](c3ccccn3)NC(=S)N2c2ccc(C(C)C)cc2)c(C)n1Cc1ccco1. The number of hydrogen-bond donors (Lipinski definition) is 1. The first kappa shape index (κ1) is 22.4. The molecule has 0 saturated carbocycles. The molecule has 4 aromatic rings. The van der Waals surface area contributed by atoms with Crippen molar-refractivity contribution in [2.75, 3.05) is 4.90 Å². The van der Waals surface area contributed by atoms with Gasteiger partial charge in [-0.15, -0.1) is 0 Å². The standard InChI is InChI=1S/C28H30N4OS/c1-18(2)21-10-12-22(13-11-21)32-27(26(30-28(32)34)25-9-5-6-14-29-25)24-16-19(3)31(20(24)4)17-23-8-7-15-33-23/h5-16,18,26-27H,17H2,1-4H3,(H,30,34)/t26-,27+/m0/s1. The van der Waals surface area contributed by atoms with Crippen LogP contribution in [0.2, 0.25) is 0 Å². The van der Waals surface area contributed by atoms with Crippen LogP contribution in [0.3, 0.4) is 0 Å². The molecule has 5 nitrogen and oxygen atoms in total. The molecule has 0 bridgehead atoms. The second-order valence-corrected chi connectivity index (χ2v) is 9.62. The highest BCUT2D eigenvalue weighted by Gasteiger charge is 2.42. The Bertz CT molecular complexity index is 1280. The lowest BCUT2D eigenvalue weighted by Crippen LogP contribution is -2.29. The van der Waals surface area contributed by atoms with Gasteiger partial charge >= 0.3 is 0 Å². The van der Waals surface area contributed by atoms with E-state index in [9.17, 15) is 0 Å². The van der Waals surface area contributed by atoms with Gasteiger partial charge in [-0.2, -0.15) is 0 Å². The topological polar surface area (TPSA) is 46.2 Å². The van der Waals surface area contributed by atoms with Crippen LogP contribution in [0, 0.1) is 13.8 Å². The summed E-state index contributed by atoms with van der Waals surface area (Å²) in [6.45, 7) is 9.46. The number of pyridine rings is 1. The minimum absolute atomic E-state index is 0.0242. The highest BCUT2D eigenvalue weighted by atomic mass is 32.1. The highest BCUT2D eigenvalue weighted by molar-refractivity contribution is 7.80. The maximum Gasteiger partial charge on any atom is 0.174 e. The van der Waals surface area contributed by atoms with E-state index < -0.39 is 0 Å². The lowest BCUT2D eigenvalue weighted by Gasteiger charge is -2.28. The Morgan fingerprint density at radius 2 is 1.85 bits per heavy atom. The van der Waals surface area contributed by atoms with Crippen LogP contribution in [-0.2, 0) is 6.54 Å². The maximum atomic E-state index is 5.90. The summed E-state index contributed by atoms with van der Waals surface area (Å²) in [6.07, 6.45) is 3.57. The lowest BCUT2D eigenvalue weighted by molar-refractivity contribution is 0.488. The Balaban J connectivity index is 1.61. The summed E-state index contributed by atoms with van der Waals surface area (Å²) < 4.78 is 7.95. The fourth-order valence-corrected chi connectivity index (χ4v) is 5.24. The molecule has 0 amide bonds. The van der Waals surface area contributed by atoms with E-state index in [1.807, 2.05) is 30.5 Å². The molecule has 1 aliphatic heterocycles. The van der Waals surface area contributed by atoms with E-state index in [0.29, 0.717) is 17.6 Å². The number of hydrogen-bond acceptors (Lipinski definition) is 3. The second-order valence-electron chi connectivity index (χ2n) is 9.23. The summed E-state index contributed by atoms with van der Waals surface area (Å²) in [5.74, 6) is 1.42. The number of benzene rings is 1. The van der Waals surface area contributed by atoms with Crippen LogP contribution < -0.4 is 10.2 Å². The van der Waals surface area contributed by atoms with Crippen LogP contribution >= 0.6 is 12.2 Å². The molecule has 1 aromatic carbocycles. The van der Waals surface area contributed by atoms with E-state index in [0.717, 1.165) is 17.1 Å². The Labute approximate surface area is 206 Å². The Kier molecular flexibility index (Phi) is 6.00. The van der Waals surface area contributed by atoms with Gasteiger partial charge in [-0.3, -0.25) is 4.98 Å². The van der Waals surface area contributed by atoms with E-state index in [-0.39, 0.29) is 12.1 Å². The minimum atomic E-state index is -0.0592. The number of aryl methyl sites for hydroxylation is 1. The molecule has 1 N–H and O–H groups in total. The number of nitrogens with zero attached hydrogens (tertiary/aromatic N) is 3. The Hall–Kier alpha value is -3.38. The van der Waals surface area contributed by atoms with Crippen molar-refractivity contribution < 1.29 is 4.42 Å². The first-order valence-corrected chi connectivity index (χ1v) is 12.1. The monoisotopic (exact) mass is 470 g/mol. The van der Waals surface area contributed by atoms with Gasteiger partial charge in [0.05, 0.1) is 30.6 Å². The number of rotatable bonds is 6. The molecule has 1 aliphatic rings. The summed E-state index contributed by atoms with van der Waals surface area (Å²) in [5.41, 5.74) is 7.01. The van der Waals surface area contributed by atoms with Gasteiger partial charge in [0.1, 0.15) is 5.76 Å². The third-order valence-electron chi connectivity index (χ3n) is 6.76. The van der Waals surface area contributed by atoms with Crippen LogP contribution in [0.25, 0.3) is 0 Å². The summed E-state index contributed by atoms with van der Waals surface area (Å²) in [4.78, 5) is 6.93. The maximum absolute atomic E-state index is 5.90. The van der Waals surface area contributed by atoms with E-state index in [2.05, 4.69) is 83.9 Å². The van der Waals surface area contributed by atoms with Crippen LogP contribution in [-0.4, -0.2) is 14.7 Å². The molecule has 3 aromatic heterocycles. The quantitative estimate of drug-likeness (QED) is 0.329. The lowest BCUT2D eigenvalue weighted by atomic mass is 9.96. The van der Waals surface area contributed by atoms with Crippen LogP contribution in [0.4, 0.5) is 5.69 Å². The van der Waals surface area contributed by atoms with Crippen molar-refractivity contribution in [3.8, 4) is 0 Å². The number of nitrogens with one attached hydrogen (secondary N) is 1. The average molecular weight is 471 g/mol. The van der Waals surface area contributed by atoms with Crippen LogP contribution in [0.1, 0.15) is 65.8 Å². The molecule has 0 unspecified atom stereocenters. The third-order valence-corrected chi connectivity index (χ3v) is 7.08. The van der Waals surface area contributed by atoms with E-state index in [1.165, 1.54) is 22.5 Å². The third kappa shape index (κ3) is 4.03. The first-order valence-electron chi connectivity index (χ1n) is 11.7. The predicted octanol–water partition coefficient (Wildman–Crippen LogP) is 6.44. The van der Waals surface area contributed by atoms with Crippen LogP contribution in [0.15, 0.2) is 77.5 Å². The smallest absolute Gasteiger partial charge is 0.174 e. The fraction of sp³-hybridized carbons (Fsp3) is 0.286. The average Bonchev–Trinajstić information content (AvgIpc) is 3.54. The van der Waals surface area contributed by atoms with Crippen LogP contribution in [0.5, 0.6) is 0 Å². The van der Waals surface area contributed by atoms with Gasteiger partial charge in [-0.25, -0.2) is 0 Å². The van der Waals surface area contributed by atoms with E-state index >= 15 is 0 Å². The number of furan rings is 1. The zero-order valence-electron chi connectivity index (χ0n) is 20.0. The molecule has 5 rings (SSSR count). The zero-order valence-corrected chi connectivity index (χ0v) is 20.8. The Morgan fingerprint density at radius 1 is 1.06 bits per heavy atom. The van der Waals surface area contributed by atoms with Gasteiger partial charge in [-0.1, -0.05) is 32.0 Å². The van der Waals surface area contributed by atoms with Gasteiger partial charge in [0, 0.05) is 23.3 Å². The van der Waals surface area contributed by atoms with Gasteiger partial charge in [0.25, 0.3) is 0 Å². The van der Waals surface area contributed by atoms with Gasteiger partial charge in [0.2, 0.25) is 0 Å². The number of anilines is 1. The minimum Gasteiger partial charge on any atom is -0.467 e. The fourth-order valence-electron chi connectivity index (χ4n) is 4.90. The van der Waals surface area contributed by atoms with Crippen molar-refractivity contribution in [1.82, 2.24) is 14.9 Å². The van der Waals surface area contributed by atoms with Gasteiger partial charge < -0.3 is 19.2 Å². The van der Waals surface area contributed by atoms with Crippen molar-refractivity contribution in [2.24, 2.45) is 0 Å². The zero-order chi connectivity index (χ0) is 23.8. The molecule has 174 valence electrons. The molecule has 6 heteroatoms. The van der Waals surface area contributed by atoms with Gasteiger partial charge in [0.15, 0.2) is 5.11 Å².